The minimum Gasteiger partial charge on any atom is -0.481 e. The van der Waals surface area contributed by atoms with Crippen molar-refractivity contribution in [3.63, 3.8) is 0 Å². The molecule has 1 aliphatic heterocycles. The summed E-state index contributed by atoms with van der Waals surface area (Å²) in [5, 5.41) is 11.5. The summed E-state index contributed by atoms with van der Waals surface area (Å²) in [4.78, 5) is 23.3. The van der Waals surface area contributed by atoms with Gasteiger partial charge in [0, 0.05) is 19.1 Å². The minimum atomic E-state index is -0.862. The molecule has 0 aromatic rings. The molecular formula is C8H14N2O3. The van der Waals surface area contributed by atoms with Crippen molar-refractivity contribution in [2.75, 3.05) is 19.6 Å². The highest BCUT2D eigenvalue weighted by Gasteiger charge is 2.23. The van der Waals surface area contributed by atoms with Crippen LogP contribution in [0.2, 0.25) is 0 Å². The topological polar surface area (TPSA) is 69.6 Å². The number of amides is 1. The molecule has 1 heterocycles. The number of hydrogen-bond donors (Lipinski definition) is 2. The maximum absolute atomic E-state index is 11.3. The van der Waals surface area contributed by atoms with Gasteiger partial charge in [0.1, 0.15) is 0 Å². The van der Waals surface area contributed by atoms with Gasteiger partial charge >= 0.3 is 5.97 Å². The van der Waals surface area contributed by atoms with Gasteiger partial charge in [0.25, 0.3) is 0 Å². The van der Waals surface area contributed by atoms with E-state index in [9.17, 15) is 9.59 Å². The van der Waals surface area contributed by atoms with Gasteiger partial charge in [-0.2, -0.15) is 0 Å². The van der Waals surface area contributed by atoms with Crippen molar-refractivity contribution in [3.8, 4) is 0 Å². The fourth-order valence-electron chi connectivity index (χ4n) is 1.45. The molecule has 0 aromatic carbocycles. The second-order valence-corrected chi connectivity index (χ2v) is 3.21. The molecule has 1 saturated heterocycles. The van der Waals surface area contributed by atoms with Crippen molar-refractivity contribution in [3.05, 3.63) is 0 Å². The molecule has 0 spiro atoms. The molecule has 5 heteroatoms. The number of hydrogen-bond acceptors (Lipinski definition) is 3. The molecule has 0 aromatic heterocycles. The molecule has 2 N–H and O–H groups in total. The Morgan fingerprint density at radius 3 is 3.00 bits per heavy atom. The quantitative estimate of drug-likeness (QED) is 0.610. The summed E-state index contributed by atoms with van der Waals surface area (Å²) in [6.45, 7) is 3.43. The van der Waals surface area contributed by atoms with Gasteiger partial charge in [-0.15, -0.1) is 0 Å². The zero-order chi connectivity index (χ0) is 9.84. The average molecular weight is 186 g/mol. The first-order valence-corrected chi connectivity index (χ1v) is 4.33. The number of carbonyl (C=O) groups is 2. The monoisotopic (exact) mass is 186 g/mol. The van der Waals surface area contributed by atoms with Crippen LogP contribution in [0.3, 0.4) is 0 Å². The molecule has 13 heavy (non-hydrogen) atoms. The predicted molar refractivity (Wildman–Crippen MR) is 46.3 cm³/mol. The van der Waals surface area contributed by atoms with E-state index in [0.717, 1.165) is 6.54 Å². The van der Waals surface area contributed by atoms with Crippen molar-refractivity contribution in [1.29, 1.82) is 0 Å². The van der Waals surface area contributed by atoms with E-state index in [1.165, 1.54) is 0 Å². The summed E-state index contributed by atoms with van der Waals surface area (Å²) in [6, 6.07) is -0.202. The molecule has 0 aliphatic carbocycles. The summed E-state index contributed by atoms with van der Waals surface area (Å²) in [5.74, 6) is -0.876. The lowest BCUT2D eigenvalue weighted by molar-refractivity contribution is -0.140. The Kier molecular flexibility index (Phi) is 3.25. The Bertz CT molecular complexity index is 217. The third kappa shape index (κ3) is 2.69. The van der Waals surface area contributed by atoms with Gasteiger partial charge < -0.3 is 15.3 Å². The number of carboxylic acid groups (broad SMARTS) is 1. The van der Waals surface area contributed by atoms with Gasteiger partial charge in [0.15, 0.2) is 0 Å². The number of rotatable bonds is 3. The highest BCUT2D eigenvalue weighted by atomic mass is 16.4. The van der Waals surface area contributed by atoms with Crippen LogP contribution in [0.4, 0.5) is 0 Å². The molecule has 74 valence electrons. The largest absolute Gasteiger partial charge is 0.481 e. The lowest BCUT2D eigenvalue weighted by atomic mass is 10.2. The van der Waals surface area contributed by atoms with Gasteiger partial charge in [-0.3, -0.25) is 9.59 Å². The van der Waals surface area contributed by atoms with Crippen LogP contribution in [-0.4, -0.2) is 47.6 Å². The first-order valence-electron chi connectivity index (χ1n) is 4.33. The summed E-state index contributed by atoms with van der Waals surface area (Å²) >= 11 is 0. The fourth-order valence-corrected chi connectivity index (χ4v) is 1.45. The van der Waals surface area contributed by atoms with Gasteiger partial charge in [-0.1, -0.05) is 0 Å². The predicted octanol–water partition coefficient (Wildman–Crippen LogP) is -0.719. The number of nitrogens with one attached hydrogen (secondary N) is 1. The van der Waals surface area contributed by atoms with Crippen molar-refractivity contribution in [1.82, 2.24) is 10.2 Å². The van der Waals surface area contributed by atoms with E-state index in [-0.39, 0.29) is 18.4 Å². The van der Waals surface area contributed by atoms with Crippen LogP contribution in [0.5, 0.6) is 0 Å². The van der Waals surface area contributed by atoms with E-state index >= 15 is 0 Å². The molecule has 1 fully saturated rings. The van der Waals surface area contributed by atoms with Crippen LogP contribution in [0.25, 0.3) is 0 Å². The van der Waals surface area contributed by atoms with Gasteiger partial charge in [0.05, 0.1) is 13.0 Å². The van der Waals surface area contributed by atoms with Crippen LogP contribution < -0.4 is 5.32 Å². The maximum atomic E-state index is 11.3. The summed E-state index contributed by atoms with van der Waals surface area (Å²) in [7, 11) is 0. The minimum absolute atomic E-state index is 0.0139. The first kappa shape index (κ1) is 9.98. The molecule has 0 radical (unpaired) electrons. The molecule has 1 unspecified atom stereocenters. The second kappa shape index (κ2) is 4.23. The maximum Gasteiger partial charge on any atom is 0.305 e. The number of piperazine rings is 1. The van der Waals surface area contributed by atoms with Crippen molar-refractivity contribution < 1.29 is 14.7 Å². The van der Waals surface area contributed by atoms with Crippen LogP contribution >= 0.6 is 0 Å². The van der Waals surface area contributed by atoms with E-state index in [0.29, 0.717) is 13.1 Å². The molecular weight excluding hydrogens is 172 g/mol. The van der Waals surface area contributed by atoms with Gasteiger partial charge in [-0.05, 0) is 6.92 Å². The Hall–Kier alpha value is -1.10. The van der Waals surface area contributed by atoms with Crippen molar-refractivity contribution >= 4 is 11.9 Å². The van der Waals surface area contributed by atoms with Crippen LogP contribution in [-0.2, 0) is 9.59 Å². The van der Waals surface area contributed by atoms with Crippen LogP contribution in [0.15, 0.2) is 0 Å². The smallest absolute Gasteiger partial charge is 0.305 e. The zero-order valence-corrected chi connectivity index (χ0v) is 7.62. The summed E-state index contributed by atoms with van der Waals surface area (Å²) in [5.41, 5.74) is 0. The highest BCUT2D eigenvalue weighted by Crippen LogP contribution is 2.05. The van der Waals surface area contributed by atoms with Crippen molar-refractivity contribution in [2.24, 2.45) is 0 Å². The Morgan fingerprint density at radius 1 is 1.77 bits per heavy atom. The summed E-state index contributed by atoms with van der Waals surface area (Å²) in [6.07, 6.45) is 0.0196. The number of carbonyl (C=O) groups excluding carboxylic acids is 1. The highest BCUT2D eigenvalue weighted by molar-refractivity contribution is 5.80. The third-order valence-corrected chi connectivity index (χ3v) is 2.13. The van der Waals surface area contributed by atoms with Crippen LogP contribution in [0.1, 0.15) is 13.3 Å². The number of aliphatic carboxylic acids is 1. The fraction of sp³-hybridized carbons (Fsp3) is 0.750. The normalized spacial score (nSPS) is 20.1. The molecule has 1 aliphatic rings. The van der Waals surface area contributed by atoms with Gasteiger partial charge in [-0.25, -0.2) is 0 Å². The van der Waals surface area contributed by atoms with E-state index in [1.807, 2.05) is 0 Å². The zero-order valence-electron chi connectivity index (χ0n) is 7.62. The lowest BCUT2D eigenvalue weighted by Crippen LogP contribution is -2.52. The Morgan fingerprint density at radius 2 is 2.46 bits per heavy atom. The molecule has 1 amide bonds. The molecule has 0 saturated carbocycles. The van der Waals surface area contributed by atoms with E-state index in [4.69, 9.17) is 5.11 Å². The van der Waals surface area contributed by atoms with E-state index < -0.39 is 5.97 Å². The number of nitrogens with zero attached hydrogens (tertiary/aromatic N) is 1. The number of carboxylic acids is 1. The third-order valence-electron chi connectivity index (χ3n) is 2.13. The lowest BCUT2D eigenvalue weighted by Gasteiger charge is -2.32. The molecule has 5 nitrogen and oxygen atoms in total. The molecule has 0 bridgehead atoms. The second-order valence-electron chi connectivity index (χ2n) is 3.21. The van der Waals surface area contributed by atoms with Crippen LogP contribution in [0, 0.1) is 0 Å². The summed E-state index contributed by atoms with van der Waals surface area (Å²) < 4.78 is 0. The molecule has 1 atom stereocenters. The Labute approximate surface area is 76.7 Å². The standard InChI is InChI=1S/C8H14N2O3/c1-6(4-8(12)13)10-3-2-9-5-7(10)11/h6,9H,2-5H2,1H3,(H,12,13). The van der Waals surface area contributed by atoms with E-state index in [2.05, 4.69) is 5.32 Å². The Balaban J connectivity index is 2.48. The first-order chi connectivity index (χ1) is 6.11. The average Bonchev–Trinajstić information content (AvgIpc) is 2.03. The molecule has 1 rings (SSSR count). The SMILES string of the molecule is CC(CC(=O)O)N1CCNCC1=O. The van der Waals surface area contributed by atoms with Gasteiger partial charge in [0.2, 0.25) is 5.91 Å². The van der Waals surface area contributed by atoms with Crippen molar-refractivity contribution in [2.45, 2.75) is 19.4 Å². The van der Waals surface area contributed by atoms with E-state index in [1.54, 1.807) is 11.8 Å².